The van der Waals surface area contributed by atoms with Crippen molar-refractivity contribution in [2.45, 2.75) is 25.8 Å². The second-order valence-electron chi connectivity index (χ2n) is 2.53. The van der Waals surface area contributed by atoms with Crippen molar-refractivity contribution in [2.24, 2.45) is 0 Å². The molecule has 0 aromatic carbocycles. The zero-order valence-corrected chi connectivity index (χ0v) is 6.97. The maximum atomic E-state index is 5.62. The quantitative estimate of drug-likeness (QED) is 0.604. The van der Waals surface area contributed by atoms with Crippen LogP contribution in [-0.4, -0.2) is 9.78 Å². The first-order valence-electron chi connectivity index (χ1n) is 3.33. The van der Waals surface area contributed by atoms with E-state index < -0.39 is 0 Å². The summed E-state index contributed by atoms with van der Waals surface area (Å²) in [6.45, 7) is 4.25. The molecule has 0 aliphatic heterocycles. The molecule has 0 spiro atoms. The zero-order valence-electron chi connectivity index (χ0n) is 6.21. The molecule has 0 amide bonds. The lowest BCUT2D eigenvalue weighted by molar-refractivity contribution is 0.655. The molecule has 1 rings (SSSR count). The van der Waals surface area contributed by atoms with E-state index in [1.807, 2.05) is 6.07 Å². The predicted molar refractivity (Wildman–Crippen MR) is 42.2 cm³/mol. The van der Waals surface area contributed by atoms with Gasteiger partial charge in [-0.3, -0.25) is 4.68 Å². The topological polar surface area (TPSA) is 17.8 Å². The Morgan fingerprint density at radius 1 is 1.70 bits per heavy atom. The van der Waals surface area contributed by atoms with E-state index in [0.717, 1.165) is 0 Å². The third-order valence-electron chi connectivity index (χ3n) is 1.45. The largest absolute Gasteiger partial charge is 0.254 e. The highest BCUT2D eigenvalue weighted by Crippen LogP contribution is 2.12. The van der Waals surface area contributed by atoms with Gasteiger partial charge in [-0.1, -0.05) is 13.8 Å². The van der Waals surface area contributed by atoms with Crippen LogP contribution < -0.4 is 0 Å². The van der Waals surface area contributed by atoms with Crippen molar-refractivity contribution in [3.05, 3.63) is 18.0 Å². The number of hydrogen-bond acceptors (Lipinski definition) is 1. The molecular formula is C7H11ClN2. The molecule has 1 aromatic heterocycles. The first kappa shape index (κ1) is 7.61. The lowest BCUT2D eigenvalue weighted by Crippen LogP contribution is -2.01. The van der Waals surface area contributed by atoms with Crippen LogP contribution in [0.1, 0.15) is 25.5 Å². The highest BCUT2D eigenvalue weighted by atomic mass is 35.5. The van der Waals surface area contributed by atoms with E-state index >= 15 is 0 Å². The third kappa shape index (κ3) is 1.32. The molecule has 0 aliphatic carbocycles. The highest BCUT2D eigenvalue weighted by molar-refractivity contribution is 6.15. The number of nitrogens with zero attached hydrogens (tertiary/aromatic N) is 2. The fourth-order valence-electron chi connectivity index (χ4n) is 0.933. The number of halogens is 1. The molecule has 0 radical (unpaired) electrons. The number of hydrogen-bond donors (Lipinski definition) is 0. The van der Waals surface area contributed by atoms with Crippen LogP contribution in [0.2, 0.25) is 0 Å². The molecule has 3 heteroatoms. The summed E-state index contributed by atoms with van der Waals surface area (Å²) in [6.07, 6.45) is 1.78. The summed E-state index contributed by atoms with van der Waals surface area (Å²) < 4.78 is 1.80. The first-order chi connectivity index (χ1) is 4.75. The maximum Gasteiger partial charge on any atom is 0.115 e. The van der Waals surface area contributed by atoms with E-state index in [1.54, 1.807) is 10.9 Å². The van der Waals surface area contributed by atoms with Gasteiger partial charge in [0.1, 0.15) is 6.00 Å². The van der Waals surface area contributed by atoms with Crippen molar-refractivity contribution in [3.8, 4) is 0 Å². The van der Waals surface area contributed by atoms with E-state index in [4.69, 9.17) is 11.6 Å². The molecule has 0 fully saturated rings. The molecule has 10 heavy (non-hydrogen) atoms. The summed E-state index contributed by atoms with van der Waals surface area (Å²) in [5.41, 5.74) is 1.19. The van der Waals surface area contributed by atoms with Gasteiger partial charge >= 0.3 is 0 Å². The Bertz CT molecular complexity index is 205. The van der Waals surface area contributed by atoms with Crippen LogP contribution in [0.5, 0.6) is 0 Å². The van der Waals surface area contributed by atoms with Crippen LogP contribution in [0.15, 0.2) is 12.3 Å². The minimum Gasteiger partial charge on any atom is -0.254 e. The summed E-state index contributed by atoms with van der Waals surface area (Å²) >= 11 is 5.62. The van der Waals surface area contributed by atoms with E-state index in [-0.39, 0.29) is 0 Å². The lowest BCUT2D eigenvalue weighted by atomic mass is 10.1. The van der Waals surface area contributed by atoms with Gasteiger partial charge < -0.3 is 0 Å². The monoisotopic (exact) mass is 158 g/mol. The molecule has 0 bridgehead atoms. The van der Waals surface area contributed by atoms with Crippen molar-refractivity contribution in [1.82, 2.24) is 9.78 Å². The second kappa shape index (κ2) is 3.06. The molecule has 0 unspecified atom stereocenters. The molecule has 0 saturated heterocycles. The van der Waals surface area contributed by atoms with Gasteiger partial charge in [0.2, 0.25) is 0 Å². The van der Waals surface area contributed by atoms with Crippen LogP contribution in [-0.2, 0) is 6.00 Å². The molecule has 1 heterocycles. The molecule has 56 valence electrons. The van der Waals surface area contributed by atoms with Gasteiger partial charge in [0.05, 0.1) is 0 Å². The fourth-order valence-corrected chi connectivity index (χ4v) is 1.13. The lowest BCUT2D eigenvalue weighted by Gasteiger charge is -2.05. The number of aromatic nitrogens is 2. The Kier molecular flexibility index (Phi) is 2.33. The zero-order chi connectivity index (χ0) is 7.56. The first-order valence-corrected chi connectivity index (χ1v) is 3.87. The Morgan fingerprint density at radius 2 is 2.40 bits per heavy atom. The molecule has 0 N–H and O–H groups in total. The van der Waals surface area contributed by atoms with Gasteiger partial charge in [-0.15, -0.1) is 11.6 Å². The van der Waals surface area contributed by atoms with Crippen molar-refractivity contribution >= 4 is 11.6 Å². The maximum absolute atomic E-state index is 5.62. The van der Waals surface area contributed by atoms with Gasteiger partial charge in [0, 0.05) is 11.9 Å². The van der Waals surface area contributed by atoms with Crippen LogP contribution in [0.3, 0.4) is 0 Å². The van der Waals surface area contributed by atoms with Gasteiger partial charge in [-0.25, -0.2) is 0 Å². The van der Waals surface area contributed by atoms with Gasteiger partial charge in [-0.2, -0.15) is 5.10 Å². The fraction of sp³-hybridized carbons (Fsp3) is 0.571. The van der Waals surface area contributed by atoms with Crippen LogP contribution >= 0.6 is 11.6 Å². The Labute approximate surface area is 65.8 Å². The summed E-state index contributed by atoms with van der Waals surface area (Å²) in [6, 6.07) is 2.44. The highest BCUT2D eigenvalue weighted by Gasteiger charge is 2.03. The van der Waals surface area contributed by atoms with Crippen LogP contribution in [0.4, 0.5) is 0 Å². The van der Waals surface area contributed by atoms with Crippen LogP contribution in [0.25, 0.3) is 0 Å². The predicted octanol–water partition coefficient (Wildman–Crippen LogP) is 2.20. The van der Waals surface area contributed by atoms with E-state index in [9.17, 15) is 0 Å². The SMILES string of the molecule is CC(C)c1ccnn1CCl. The smallest absolute Gasteiger partial charge is 0.115 e. The molecule has 0 atom stereocenters. The van der Waals surface area contributed by atoms with Gasteiger partial charge in [0.25, 0.3) is 0 Å². The van der Waals surface area contributed by atoms with E-state index in [0.29, 0.717) is 11.9 Å². The molecule has 0 aliphatic rings. The van der Waals surface area contributed by atoms with Gasteiger partial charge in [0.15, 0.2) is 0 Å². The van der Waals surface area contributed by atoms with Crippen molar-refractivity contribution in [2.75, 3.05) is 0 Å². The van der Waals surface area contributed by atoms with Crippen molar-refractivity contribution < 1.29 is 0 Å². The number of alkyl halides is 1. The van der Waals surface area contributed by atoms with Crippen molar-refractivity contribution in [1.29, 1.82) is 0 Å². The number of rotatable bonds is 2. The Morgan fingerprint density at radius 3 is 2.80 bits per heavy atom. The third-order valence-corrected chi connectivity index (χ3v) is 1.68. The normalized spacial score (nSPS) is 10.8. The molecule has 2 nitrogen and oxygen atoms in total. The second-order valence-corrected chi connectivity index (χ2v) is 2.77. The molecule has 0 saturated carbocycles. The van der Waals surface area contributed by atoms with Crippen LogP contribution in [0, 0.1) is 0 Å². The Balaban J connectivity index is 2.90. The molecular weight excluding hydrogens is 148 g/mol. The Hall–Kier alpha value is -0.500. The van der Waals surface area contributed by atoms with E-state index in [1.165, 1.54) is 5.69 Å². The summed E-state index contributed by atoms with van der Waals surface area (Å²) in [5, 5.41) is 4.04. The minimum absolute atomic E-state index is 0.445. The standard InChI is InChI=1S/C7H11ClN2/c1-6(2)7-3-4-9-10(7)5-8/h3-4,6H,5H2,1-2H3. The summed E-state index contributed by atoms with van der Waals surface area (Å²) in [4.78, 5) is 0. The summed E-state index contributed by atoms with van der Waals surface area (Å²) in [5.74, 6) is 0.501. The summed E-state index contributed by atoms with van der Waals surface area (Å²) in [7, 11) is 0. The average molecular weight is 159 g/mol. The van der Waals surface area contributed by atoms with Crippen molar-refractivity contribution in [3.63, 3.8) is 0 Å². The average Bonchev–Trinajstić information content (AvgIpc) is 2.33. The van der Waals surface area contributed by atoms with Gasteiger partial charge in [-0.05, 0) is 12.0 Å². The molecule has 1 aromatic rings. The van der Waals surface area contributed by atoms with E-state index in [2.05, 4.69) is 18.9 Å². The minimum atomic E-state index is 0.445.